The van der Waals surface area contributed by atoms with Gasteiger partial charge >= 0.3 is 0 Å². The standard InChI is InChI=1S/C13H13ClN2O2S/c14-11-3-1-2-9(6-11)7-18-8-10-4-5-19-12(10)13(17)16-15/h1-6H,7-8,15H2,(H,16,17). The first kappa shape index (κ1) is 14.0. The number of amides is 1. The van der Waals surface area contributed by atoms with Crippen LogP contribution in [-0.4, -0.2) is 5.91 Å². The number of nitrogen functional groups attached to an aromatic ring is 1. The third-order valence-electron chi connectivity index (χ3n) is 2.50. The molecule has 4 nitrogen and oxygen atoms in total. The summed E-state index contributed by atoms with van der Waals surface area (Å²) in [7, 11) is 0. The molecule has 19 heavy (non-hydrogen) atoms. The number of nitrogens with one attached hydrogen (secondary N) is 1. The minimum Gasteiger partial charge on any atom is -0.372 e. The second-order valence-corrected chi connectivity index (χ2v) is 5.22. The Bertz CT molecular complexity index is 571. The zero-order valence-electron chi connectivity index (χ0n) is 10.1. The minimum atomic E-state index is -0.295. The van der Waals surface area contributed by atoms with Crippen LogP contribution >= 0.6 is 22.9 Å². The minimum absolute atomic E-state index is 0.295. The zero-order valence-corrected chi connectivity index (χ0v) is 11.6. The molecule has 1 amide bonds. The maximum Gasteiger partial charge on any atom is 0.275 e. The molecular weight excluding hydrogens is 284 g/mol. The fourth-order valence-corrected chi connectivity index (χ4v) is 2.65. The van der Waals surface area contributed by atoms with Crippen molar-refractivity contribution >= 4 is 28.8 Å². The van der Waals surface area contributed by atoms with Crippen LogP contribution in [0.25, 0.3) is 0 Å². The molecule has 0 spiro atoms. The van der Waals surface area contributed by atoms with Crippen LogP contribution in [0.3, 0.4) is 0 Å². The van der Waals surface area contributed by atoms with E-state index in [0.29, 0.717) is 23.1 Å². The first-order valence-electron chi connectivity index (χ1n) is 5.60. The lowest BCUT2D eigenvalue weighted by atomic mass is 10.2. The lowest BCUT2D eigenvalue weighted by molar-refractivity contribution is 0.0934. The van der Waals surface area contributed by atoms with Crippen LogP contribution in [0.4, 0.5) is 0 Å². The van der Waals surface area contributed by atoms with Gasteiger partial charge in [-0.25, -0.2) is 5.84 Å². The van der Waals surface area contributed by atoms with Crippen molar-refractivity contribution in [2.24, 2.45) is 5.84 Å². The van der Waals surface area contributed by atoms with E-state index in [0.717, 1.165) is 11.1 Å². The average Bonchev–Trinajstić information content (AvgIpc) is 2.86. The van der Waals surface area contributed by atoms with Gasteiger partial charge in [-0.3, -0.25) is 10.2 Å². The second-order valence-electron chi connectivity index (χ2n) is 3.87. The van der Waals surface area contributed by atoms with Crippen molar-refractivity contribution in [2.45, 2.75) is 13.2 Å². The normalized spacial score (nSPS) is 10.4. The molecule has 0 saturated carbocycles. The number of nitrogens with two attached hydrogens (primary N) is 1. The Morgan fingerprint density at radius 1 is 1.37 bits per heavy atom. The zero-order chi connectivity index (χ0) is 13.7. The molecule has 2 aromatic rings. The molecular formula is C13H13ClN2O2S. The van der Waals surface area contributed by atoms with Gasteiger partial charge in [-0.05, 0) is 29.1 Å². The molecule has 1 heterocycles. The summed E-state index contributed by atoms with van der Waals surface area (Å²) >= 11 is 7.23. The van der Waals surface area contributed by atoms with Crippen LogP contribution in [0, 0.1) is 0 Å². The van der Waals surface area contributed by atoms with E-state index >= 15 is 0 Å². The summed E-state index contributed by atoms with van der Waals surface area (Å²) in [5.41, 5.74) is 3.94. The summed E-state index contributed by atoms with van der Waals surface area (Å²) in [6.07, 6.45) is 0. The number of hydrogen-bond donors (Lipinski definition) is 2. The molecule has 1 aromatic heterocycles. The van der Waals surface area contributed by atoms with Crippen molar-refractivity contribution in [3.63, 3.8) is 0 Å². The molecule has 1 aromatic carbocycles. The third kappa shape index (κ3) is 3.78. The molecule has 0 unspecified atom stereocenters. The van der Waals surface area contributed by atoms with E-state index in [1.165, 1.54) is 11.3 Å². The highest BCUT2D eigenvalue weighted by molar-refractivity contribution is 7.12. The smallest absolute Gasteiger partial charge is 0.275 e. The highest BCUT2D eigenvalue weighted by atomic mass is 35.5. The molecule has 0 aliphatic heterocycles. The monoisotopic (exact) mass is 296 g/mol. The number of hydrogen-bond acceptors (Lipinski definition) is 4. The number of rotatable bonds is 5. The van der Waals surface area contributed by atoms with Gasteiger partial charge in [0.2, 0.25) is 0 Å². The summed E-state index contributed by atoms with van der Waals surface area (Å²) in [6.45, 7) is 0.804. The molecule has 2 rings (SSSR count). The van der Waals surface area contributed by atoms with Crippen LogP contribution in [-0.2, 0) is 18.0 Å². The number of thiophene rings is 1. The van der Waals surface area contributed by atoms with E-state index in [-0.39, 0.29) is 5.91 Å². The maximum atomic E-state index is 11.5. The Morgan fingerprint density at radius 2 is 2.21 bits per heavy atom. The van der Waals surface area contributed by atoms with Crippen molar-refractivity contribution in [2.75, 3.05) is 0 Å². The highest BCUT2D eigenvalue weighted by Gasteiger charge is 2.11. The van der Waals surface area contributed by atoms with E-state index in [1.54, 1.807) is 0 Å². The largest absolute Gasteiger partial charge is 0.372 e. The van der Waals surface area contributed by atoms with E-state index in [1.807, 2.05) is 35.7 Å². The summed E-state index contributed by atoms with van der Waals surface area (Å²) in [5.74, 6) is 4.83. The molecule has 0 atom stereocenters. The second kappa shape index (κ2) is 6.68. The van der Waals surface area contributed by atoms with E-state index in [4.69, 9.17) is 22.2 Å². The lowest BCUT2D eigenvalue weighted by Crippen LogP contribution is -2.30. The van der Waals surface area contributed by atoms with E-state index < -0.39 is 0 Å². The van der Waals surface area contributed by atoms with Crippen LogP contribution in [0.2, 0.25) is 5.02 Å². The van der Waals surface area contributed by atoms with E-state index in [9.17, 15) is 4.79 Å². The Morgan fingerprint density at radius 3 is 2.95 bits per heavy atom. The van der Waals surface area contributed by atoms with E-state index in [2.05, 4.69) is 5.43 Å². The van der Waals surface area contributed by atoms with Crippen molar-refractivity contribution in [3.05, 3.63) is 56.7 Å². The Hall–Kier alpha value is -1.40. The van der Waals surface area contributed by atoms with Crippen LogP contribution < -0.4 is 11.3 Å². The van der Waals surface area contributed by atoms with Gasteiger partial charge in [0.25, 0.3) is 5.91 Å². The van der Waals surface area contributed by atoms with Crippen LogP contribution in [0.1, 0.15) is 20.8 Å². The van der Waals surface area contributed by atoms with Gasteiger partial charge in [0.05, 0.1) is 18.1 Å². The van der Waals surface area contributed by atoms with Gasteiger partial charge in [-0.15, -0.1) is 11.3 Å². The van der Waals surface area contributed by atoms with Gasteiger partial charge in [0, 0.05) is 10.6 Å². The average molecular weight is 297 g/mol. The highest BCUT2D eigenvalue weighted by Crippen LogP contribution is 2.18. The van der Waals surface area contributed by atoms with Crippen molar-refractivity contribution in [1.29, 1.82) is 0 Å². The fraction of sp³-hybridized carbons (Fsp3) is 0.154. The van der Waals surface area contributed by atoms with Gasteiger partial charge in [0.15, 0.2) is 0 Å². The summed E-state index contributed by atoms with van der Waals surface area (Å²) in [4.78, 5) is 12.1. The molecule has 0 fully saturated rings. The summed E-state index contributed by atoms with van der Waals surface area (Å²) in [6, 6.07) is 9.33. The fourth-order valence-electron chi connectivity index (χ4n) is 1.62. The van der Waals surface area contributed by atoms with Crippen molar-refractivity contribution in [1.82, 2.24) is 5.43 Å². The van der Waals surface area contributed by atoms with Crippen LogP contribution in [0.15, 0.2) is 35.7 Å². The number of halogens is 1. The first-order chi connectivity index (χ1) is 9.20. The SMILES string of the molecule is NNC(=O)c1sccc1COCc1cccc(Cl)c1. The molecule has 0 bridgehead atoms. The molecule has 100 valence electrons. The predicted molar refractivity (Wildman–Crippen MR) is 75.9 cm³/mol. The number of hydrazine groups is 1. The van der Waals surface area contributed by atoms with Gasteiger partial charge < -0.3 is 4.74 Å². The number of benzene rings is 1. The van der Waals surface area contributed by atoms with Gasteiger partial charge in [0.1, 0.15) is 0 Å². The Labute approximate surface area is 120 Å². The summed E-state index contributed by atoms with van der Waals surface area (Å²) in [5, 5.41) is 2.52. The molecule has 0 radical (unpaired) electrons. The van der Waals surface area contributed by atoms with Crippen LogP contribution in [0.5, 0.6) is 0 Å². The number of carbonyl (C=O) groups is 1. The molecule has 0 saturated heterocycles. The Balaban J connectivity index is 1.93. The molecule has 0 aliphatic carbocycles. The molecule has 3 N–H and O–H groups in total. The number of ether oxygens (including phenoxy) is 1. The van der Waals surface area contributed by atoms with Crippen molar-refractivity contribution < 1.29 is 9.53 Å². The number of carbonyl (C=O) groups excluding carboxylic acids is 1. The van der Waals surface area contributed by atoms with Crippen molar-refractivity contribution in [3.8, 4) is 0 Å². The van der Waals surface area contributed by atoms with Gasteiger partial charge in [-0.1, -0.05) is 23.7 Å². The van der Waals surface area contributed by atoms with Gasteiger partial charge in [-0.2, -0.15) is 0 Å². The topological polar surface area (TPSA) is 64.3 Å². The molecule has 0 aliphatic rings. The quantitative estimate of drug-likeness (QED) is 0.506. The Kier molecular flexibility index (Phi) is 4.93. The maximum absolute atomic E-state index is 11.5. The summed E-state index contributed by atoms with van der Waals surface area (Å²) < 4.78 is 5.58. The predicted octanol–water partition coefficient (Wildman–Crippen LogP) is 2.72. The third-order valence-corrected chi connectivity index (χ3v) is 3.69. The molecule has 6 heteroatoms. The first-order valence-corrected chi connectivity index (χ1v) is 6.86. The lowest BCUT2D eigenvalue weighted by Gasteiger charge is -2.05.